The molecule has 2 heterocycles. The van der Waals surface area contributed by atoms with Crippen molar-refractivity contribution in [2.24, 2.45) is 0 Å². The van der Waals surface area contributed by atoms with Crippen molar-refractivity contribution in [1.29, 1.82) is 0 Å². The largest absolute Gasteiger partial charge is 0.381 e. The minimum Gasteiger partial charge on any atom is -0.381 e. The van der Waals surface area contributed by atoms with Gasteiger partial charge in [-0.15, -0.1) is 0 Å². The molecule has 1 aromatic rings. The summed E-state index contributed by atoms with van der Waals surface area (Å²) in [5.41, 5.74) is 0.190. The Morgan fingerprint density at radius 1 is 1.35 bits per heavy atom. The highest BCUT2D eigenvalue weighted by Gasteiger charge is 2.34. The summed E-state index contributed by atoms with van der Waals surface area (Å²) < 4.78 is 5.46. The van der Waals surface area contributed by atoms with Gasteiger partial charge in [0, 0.05) is 31.5 Å². The second-order valence-electron chi connectivity index (χ2n) is 4.80. The summed E-state index contributed by atoms with van der Waals surface area (Å²) in [5, 5.41) is 3.43. The van der Waals surface area contributed by atoms with Crippen LogP contribution in [0.2, 0.25) is 0 Å². The van der Waals surface area contributed by atoms with E-state index in [1.807, 2.05) is 24.4 Å². The molecule has 0 radical (unpaired) electrons. The molecule has 1 N–H and O–H groups in total. The van der Waals surface area contributed by atoms with Gasteiger partial charge in [0.2, 0.25) is 0 Å². The van der Waals surface area contributed by atoms with E-state index in [4.69, 9.17) is 4.74 Å². The van der Waals surface area contributed by atoms with E-state index in [1.54, 1.807) is 0 Å². The van der Waals surface area contributed by atoms with Crippen LogP contribution in [0.15, 0.2) is 24.4 Å². The third-order valence-electron chi connectivity index (χ3n) is 3.64. The van der Waals surface area contributed by atoms with Crippen LogP contribution < -0.4 is 5.32 Å². The van der Waals surface area contributed by atoms with Crippen LogP contribution in [0.1, 0.15) is 12.8 Å². The van der Waals surface area contributed by atoms with Crippen molar-refractivity contribution < 1.29 is 4.74 Å². The third kappa shape index (κ3) is 2.96. The minimum atomic E-state index is 0.190. The first-order chi connectivity index (χ1) is 8.23. The molecule has 0 aromatic carbocycles. The summed E-state index contributed by atoms with van der Waals surface area (Å²) in [7, 11) is 4.29. The van der Waals surface area contributed by atoms with E-state index < -0.39 is 0 Å². The van der Waals surface area contributed by atoms with Gasteiger partial charge in [-0.05, 0) is 39.1 Å². The first-order valence-electron chi connectivity index (χ1n) is 6.13. The van der Waals surface area contributed by atoms with Crippen LogP contribution in [0.5, 0.6) is 0 Å². The molecule has 0 amide bonds. The zero-order valence-electron chi connectivity index (χ0n) is 10.6. The first kappa shape index (κ1) is 12.3. The summed E-state index contributed by atoms with van der Waals surface area (Å²) in [6.45, 7) is 2.62. The fraction of sp³-hybridized carbons (Fsp3) is 0.615. The number of ether oxygens (including phenoxy) is 1. The van der Waals surface area contributed by atoms with E-state index in [9.17, 15) is 0 Å². The van der Waals surface area contributed by atoms with E-state index in [-0.39, 0.29) is 5.54 Å². The topological polar surface area (TPSA) is 37.4 Å². The fourth-order valence-electron chi connectivity index (χ4n) is 2.26. The number of hydrogen-bond acceptors (Lipinski definition) is 4. The van der Waals surface area contributed by atoms with Crippen LogP contribution in [-0.2, 0) is 4.74 Å². The molecule has 0 saturated carbocycles. The maximum absolute atomic E-state index is 5.46. The maximum Gasteiger partial charge on any atom is 0.125 e. The van der Waals surface area contributed by atoms with E-state index in [0.717, 1.165) is 38.4 Å². The summed E-state index contributed by atoms with van der Waals surface area (Å²) in [5.74, 6) is 0.945. The molecule has 2 rings (SSSR count). The molecule has 0 unspecified atom stereocenters. The number of likely N-dealkylation sites (N-methyl/N-ethyl adjacent to an activating group) is 1. The quantitative estimate of drug-likeness (QED) is 0.860. The molecule has 1 fully saturated rings. The van der Waals surface area contributed by atoms with Gasteiger partial charge in [0.1, 0.15) is 5.82 Å². The smallest absolute Gasteiger partial charge is 0.125 e. The molecule has 17 heavy (non-hydrogen) atoms. The minimum absolute atomic E-state index is 0.190. The molecular weight excluding hydrogens is 214 g/mol. The van der Waals surface area contributed by atoms with Crippen LogP contribution in [0.25, 0.3) is 0 Å². The molecule has 94 valence electrons. The van der Waals surface area contributed by atoms with Crippen molar-refractivity contribution in [2.45, 2.75) is 18.4 Å². The average molecular weight is 235 g/mol. The molecule has 0 spiro atoms. The lowest BCUT2D eigenvalue weighted by Crippen LogP contribution is -2.53. The van der Waals surface area contributed by atoms with Crippen molar-refractivity contribution in [3.63, 3.8) is 0 Å². The van der Waals surface area contributed by atoms with Gasteiger partial charge in [-0.25, -0.2) is 4.98 Å². The van der Waals surface area contributed by atoms with Gasteiger partial charge in [-0.3, -0.25) is 0 Å². The molecule has 0 bridgehead atoms. The zero-order chi connectivity index (χ0) is 12.1. The Labute approximate surface area is 103 Å². The number of anilines is 1. The highest BCUT2D eigenvalue weighted by molar-refractivity contribution is 5.33. The van der Waals surface area contributed by atoms with Crippen molar-refractivity contribution in [3.05, 3.63) is 24.4 Å². The lowest BCUT2D eigenvalue weighted by atomic mass is 9.88. The van der Waals surface area contributed by atoms with Crippen molar-refractivity contribution in [2.75, 3.05) is 39.2 Å². The summed E-state index contributed by atoms with van der Waals surface area (Å²) >= 11 is 0. The van der Waals surface area contributed by atoms with Gasteiger partial charge in [0.15, 0.2) is 0 Å². The Balaban J connectivity index is 1.98. The van der Waals surface area contributed by atoms with E-state index in [1.165, 1.54) is 0 Å². The van der Waals surface area contributed by atoms with Gasteiger partial charge in [0.25, 0.3) is 0 Å². The molecule has 0 aliphatic carbocycles. The van der Waals surface area contributed by atoms with E-state index >= 15 is 0 Å². The predicted molar refractivity (Wildman–Crippen MR) is 69.2 cm³/mol. The van der Waals surface area contributed by atoms with E-state index in [2.05, 4.69) is 29.3 Å². The van der Waals surface area contributed by atoms with Crippen LogP contribution in [-0.4, -0.2) is 49.3 Å². The van der Waals surface area contributed by atoms with Crippen molar-refractivity contribution in [3.8, 4) is 0 Å². The Morgan fingerprint density at radius 2 is 2.12 bits per heavy atom. The standard InChI is InChI=1S/C13H21N3O/c1-16(2)13(6-9-17-10-7-13)11-15-12-5-3-4-8-14-12/h3-5,8H,6-7,9-11H2,1-2H3,(H,14,15). The lowest BCUT2D eigenvalue weighted by molar-refractivity contribution is -0.000663. The average Bonchev–Trinajstić information content (AvgIpc) is 2.38. The molecule has 1 aromatic heterocycles. The third-order valence-corrected chi connectivity index (χ3v) is 3.64. The second-order valence-corrected chi connectivity index (χ2v) is 4.80. The monoisotopic (exact) mass is 235 g/mol. The Kier molecular flexibility index (Phi) is 3.97. The number of pyridine rings is 1. The highest BCUT2D eigenvalue weighted by Crippen LogP contribution is 2.26. The summed E-state index contributed by atoms with van der Waals surface area (Å²) in [4.78, 5) is 6.60. The van der Waals surface area contributed by atoms with Gasteiger partial charge < -0.3 is 15.0 Å². The number of nitrogens with one attached hydrogen (secondary N) is 1. The Hall–Kier alpha value is -1.13. The van der Waals surface area contributed by atoms with Crippen LogP contribution in [0.4, 0.5) is 5.82 Å². The number of nitrogens with zero attached hydrogens (tertiary/aromatic N) is 2. The van der Waals surface area contributed by atoms with Gasteiger partial charge in [0.05, 0.1) is 0 Å². The lowest BCUT2D eigenvalue weighted by Gasteiger charge is -2.43. The fourth-order valence-corrected chi connectivity index (χ4v) is 2.26. The number of hydrogen-bond donors (Lipinski definition) is 1. The van der Waals surface area contributed by atoms with Crippen LogP contribution in [0.3, 0.4) is 0 Å². The Morgan fingerprint density at radius 3 is 2.71 bits per heavy atom. The van der Waals surface area contributed by atoms with Gasteiger partial charge in [-0.1, -0.05) is 6.07 Å². The molecule has 1 saturated heterocycles. The van der Waals surface area contributed by atoms with Crippen LogP contribution in [0, 0.1) is 0 Å². The number of rotatable bonds is 4. The summed E-state index contributed by atoms with van der Waals surface area (Å²) in [6, 6.07) is 5.94. The molecule has 4 heteroatoms. The number of aromatic nitrogens is 1. The molecular formula is C13H21N3O. The zero-order valence-corrected chi connectivity index (χ0v) is 10.6. The molecule has 4 nitrogen and oxygen atoms in total. The summed E-state index contributed by atoms with van der Waals surface area (Å²) in [6.07, 6.45) is 3.95. The molecule has 0 atom stereocenters. The SMILES string of the molecule is CN(C)C1(CNc2ccccn2)CCOCC1. The van der Waals surface area contributed by atoms with Crippen LogP contribution >= 0.6 is 0 Å². The first-order valence-corrected chi connectivity index (χ1v) is 6.13. The van der Waals surface area contributed by atoms with Gasteiger partial charge in [-0.2, -0.15) is 0 Å². The van der Waals surface area contributed by atoms with Gasteiger partial charge >= 0.3 is 0 Å². The Bertz CT molecular complexity index is 334. The highest BCUT2D eigenvalue weighted by atomic mass is 16.5. The van der Waals surface area contributed by atoms with Crippen molar-refractivity contribution in [1.82, 2.24) is 9.88 Å². The molecule has 1 aliphatic heterocycles. The van der Waals surface area contributed by atoms with Crippen molar-refractivity contribution >= 4 is 5.82 Å². The predicted octanol–water partition coefficient (Wildman–Crippen LogP) is 1.60. The molecule has 1 aliphatic rings. The second kappa shape index (κ2) is 5.47. The maximum atomic E-state index is 5.46. The van der Waals surface area contributed by atoms with E-state index in [0.29, 0.717) is 0 Å². The normalized spacial score (nSPS) is 19.2.